The molecule has 0 bridgehead atoms. The number of carbonyl (C=O) groups excluding carboxylic acids is 1. The molecule has 0 saturated heterocycles. The largest absolute Gasteiger partial charge is 0.573 e. The van der Waals surface area contributed by atoms with Crippen molar-refractivity contribution in [1.82, 2.24) is 9.55 Å². The standard InChI is InChI=1S/C11H7F3N2O2/c12-11(13,14)18-9-3-1-2-8(6-9)10(17)16-5-4-15-7-16/h1-7H. The normalized spacial score (nSPS) is 11.3. The molecule has 94 valence electrons. The zero-order chi connectivity index (χ0) is 13.2. The van der Waals surface area contributed by atoms with E-state index in [-0.39, 0.29) is 5.56 Å². The number of hydrogen-bond donors (Lipinski definition) is 0. The van der Waals surface area contributed by atoms with E-state index in [0.29, 0.717) is 0 Å². The van der Waals surface area contributed by atoms with Crippen molar-refractivity contribution in [3.05, 3.63) is 48.5 Å². The molecule has 0 atom stereocenters. The van der Waals surface area contributed by atoms with Gasteiger partial charge in [-0.25, -0.2) is 4.98 Å². The van der Waals surface area contributed by atoms with E-state index in [1.54, 1.807) is 0 Å². The SMILES string of the molecule is O=C(c1cccc(OC(F)(F)F)c1)n1ccnc1. The molecule has 0 aliphatic carbocycles. The Morgan fingerprint density at radius 1 is 1.33 bits per heavy atom. The van der Waals surface area contributed by atoms with Crippen molar-refractivity contribution in [2.24, 2.45) is 0 Å². The summed E-state index contributed by atoms with van der Waals surface area (Å²) < 4.78 is 41.0. The summed E-state index contributed by atoms with van der Waals surface area (Å²) in [6, 6.07) is 4.85. The number of aromatic nitrogens is 2. The minimum Gasteiger partial charge on any atom is -0.406 e. The van der Waals surface area contributed by atoms with E-state index in [9.17, 15) is 18.0 Å². The van der Waals surface area contributed by atoms with Gasteiger partial charge in [0.2, 0.25) is 0 Å². The Kier molecular flexibility index (Phi) is 3.05. The molecule has 4 nitrogen and oxygen atoms in total. The van der Waals surface area contributed by atoms with E-state index < -0.39 is 18.0 Å². The minimum atomic E-state index is -4.78. The maximum atomic E-state index is 12.0. The molecule has 18 heavy (non-hydrogen) atoms. The maximum absolute atomic E-state index is 12.0. The molecule has 0 fully saturated rings. The summed E-state index contributed by atoms with van der Waals surface area (Å²) >= 11 is 0. The number of nitrogens with zero attached hydrogens (tertiary/aromatic N) is 2. The second-order valence-electron chi connectivity index (χ2n) is 3.35. The van der Waals surface area contributed by atoms with Crippen LogP contribution in [0.15, 0.2) is 43.0 Å². The molecular formula is C11H7F3N2O2. The summed E-state index contributed by atoms with van der Waals surface area (Å²) in [6.45, 7) is 0. The van der Waals surface area contributed by atoms with E-state index in [2.05, 4.69) is 9.72 Å². The highest BCUT2D eigenvalue weighted by Crippen LogP contribution is 2.23. The predicted octanol–water partition coefficient (Wildman–Crippen LogP) is 2.47. The minimum absolute atomic E-state index is 0.0785. The van der Waals surface area contributed by atoms with Gasteiger partial charge in [0, 0.05) is 18.0 Å². The van der Waals surface area contributed by atoms with E-state index in [1.807, 2.05) is 0 Å². The Morgan fingerprint density at radius 3 is 2.72 bits per heavy atom. The summed E-state index contributed by atoms with van der Waals surface area (Å²) in [5.41, 5.74) is 0.0785. The number of carbonyl (C=O) groups is 1. The zero-order valence-electron chi connectivity index (χ0n) is 8.89. The van der Waals surface area contributed by atoms with Gasteiger partial charge in [-0.15, -0.1) is 13.2 Å². The zero-order valence-corrected chi connectivity index (χ0v) is 8.89. The van der Waals surface area contributed by atoms with Crippen LogP contribution < -0.4 is 4.74 Å². The highest BCUT2D eigenvalue weighted by Gasteiger charge is 2.31. The molecule has 1 aromatic heterocycles. The molecule has 7 heteroatoms. The second kappa shape index (κ2) is 4.52. The van der Waals surface area contributed by atoms with E-state index in [4.69, 9.17) is 0 Å². The number of hydrogen-bond acceptors (Lipinski definition) is 3. The van der Waals surface area contributed by atoms with Crippen LogP contribution in [-0.4, -0.2) is 21.8 Å². The van der Waals surface area contributed by atoms with Gasteiger partial charge in [-0.2, -0.15) is 0 Å². The lowest BCUT2D eigenvalue weighted by Gasteiger charge is -2.09. The van der Waals surface area contributed by atoms with E-state index >= 15 is 0 Å². The first-order valence-electron chi connectivity index (χ1n) is 4.84. The van der Waals surface area contributed by atoms with Crippen molar-refractivity contribution in [2.45, 2.75) is 6.36 Å². The third kappa shape index (κ3) is 2.88. The Hall–Kier alpha value is -2.31. The van der Waals surface area contributed by atoms with E-state index in [1.165, 1.54) is 30.9 Å². The quantitative estimate of drug-likeness (QED) is 0.829. The number of imidazole rings is 1. The summed E-state index contributed by atoms with van der Waals surface area (Å²) in [4.78, 5) is 15.5. The van der Waals surface area contributed by atoms with Gasteiger partial charge in [-0.3, -0.25) is 9.36 Å². The van der Waals surface area contributed by atoms with Gasteiger partial charge in [0.15, 0.2) is 0 Å². The highest BCUT2D eigenvalue weighted by molar-refractivity contribution is 5.96. The van der Waals surface area contributed by atoms with Crippen LogP contribution in [0.1, 0.15) is 10.4 Å². The van der Waals surface area contributed by atoms with Gasteiger partial charge in [-0.05, 0) is 18.2 Å². The summed E-state index contributed by atoms with van der Waals surface area (Å²) in [5.74, 6) is -0.923. The fourth-order valence-electron chi connectivity index (χ4n) is 1.35. The van der Waals surface area contributed by atoms with Gasteiger partial charge in [0.05, 0.1) is 0 Å². The molecule has 2 aromatic rings. The fourth-order valence-corrected chi connectivity index (χ4v) is 1.35. The number of alkyl halides is 3. The van der Waals surface area contributed by atoms with Gasteiger partial charge >= 0.3 is 6.36 Å². The van der Waals surface area contributed by atoms with Gasteiger partial charge in [-0.1, -0.05) is 6.07 Å². The van der Waals surface area contributed by atoms with Gasteiger partial charge in [0.1, 0.15) is 12.1 Å². The molecule has 1 heterocycles. The lowest BCUT2D eigenvalue weighted by Crippen LogP contribution is -2.17. The van der Waals surface area contributed by atoms with Crippen molar-refractivity contribution in [3.8, 4) is 5.75 Å². The van der Waals surface area contributed by atoms with Crippen LogP contribution in [0.4, 0.5) is 13.2 Å². The molecule has 0 unspecified atom stereocenters. The topological polar surface area (TPSA) is 44.1 Å². The molecule has 0 saturated carbocycles. The Labute approximate surface area is 99.6 Å². The van der Waals surface area contributed by atoms with Crippen LogP contribution in [0.5, 0.6) is 5.75 Å². The van der Waals surface area contributed by atoms with Crippen molar-refractivity contribution in [1.29, 1.82) is 0 Å². The Bertz CT molecular complexity index is 550. The number of ether oxygens (including phenoxy) is 1. The van der Waals surface area contributed by atoms with Crippen LogP contribution in [-0.2, 0) is 0 Å². The van der Waals surface area contributed by atoms with Crippen LogP contribution in [0.2, 0.25) is 0 Å². The third-order valence-electron chi connectivity index (χ3n) is 2.05. The molecule has 0 spiro atoms. The van der Waals surface area contributed by atoms with Crippen LogP contribution in [0, 0.1) is 0 Å². The molecule has 1 aromatic carbocycles. The summed E-state index contributed by atoms with van der Waals surface area (Å²) in [5, 5.41) is 0. The Balaban J connectivity index is 2.25. The fraction of sp³-hybridized carbons (Fsp3) is 0.0909. The Morgan fingerprint density at radius 2 is 2.11 bits per heavy atom. The first-order chi connectivity index (χ1) is 8.46. The average molecular weight is 256 g/mol. The summed E-state index contributed by atoms with van der Waals surface area (Å²) in [6.07, 6.45) is -0.718. The summed E-state index contributed by atoms with van der Waals surface area (Å²) in [7, 11) is 0. The number of halogens is 3. The molecule has 0 amide bonds. The van der Waals surface area contributed by atoms with Crippen LogP contribution in [0.3, 0.4) is 0 Å². The van der Waals surface area contributed by atoms with Gasteiger partial charge in [0.25, 0.3) is 5.91 Å². The van der Waals surface area contributed by atoms with Crippen molar-refractivity contribution >= 4 is 5.91 Å². The van der Waals surface area contributed by atoms with Crippen LogP contribution in [0.25, 0.3) is 0 Å². The molecular weight excluding hydrogens is 249 g/mol. The smallest absolute Gasteiger partial charge is 0.406 e. The number of benzene rings is 1. The first-order valence-corrected chi connectivity index (χ1v) is 4.84. The van der Waals surface area contributed by atoms with Crippen molar-refractivity contribution in [2.75, 3.05) is 0 Å². The lowest BCUT2D eigenvalue weighted by molar-refractivity contribution is -0.274. The molecule has 2 rings (SSSR count). The molecule has 0 radical (unpaired) electrons. The first kappa shape index (κ1) is 12.2. The van der Waals surface area contributed by atoms with Crippen molar-refractivity contribution in [3.63, 3.8) is 0 Å². The number of rotatable bonds is 2. The third-order valence-corrected chi connectivity index (χ3v) is 2.05. The monoisotopic (exact) mass is 256 g/mol. The second-order valence-corrected chi connectivity index (χ2v) is 3.35. The maximum Gasteiger partial charge on any atom is 0.573 e. The van der Waals surface area contributed by atoms with E-state index in [0.717, 1.165) is 16.7 Å². The molecule has 0 aliphatic rings. The average Bonchev–Trinajstić information content (AvgIpc) is 2.79. The molecule has 0 aliphatic heterocycles. The van der Waals surface area contributed by atoms with Gasteiger partial charge < -0.3 is 4.74 Å². The predicted molar refractivity (Wildman–Crippen MR) is 55.1 cm³/mol. The molecule has 0 N–H and O–H groups in total. The van der Waals surface area contributed by atoms with Crippen LogP contribution >= 0.6 is 0 Å². The lowest BCUT2D eigenvalue weighted by atomic mass is 10.2. The van der Waals surface area contributed by atoms with Crippen molar-refractivity contribution < 1.29 is 22.7 Å². The highest BCUT2D eigenvalue weighted by atomic mass is 19.4.